The SMILES string of the molecule is Cc1cc(C)c(-c2ccc(Br)c3c2CC=C3)c(C)c1. The highest BCUT2D eigenvalue weighted by Gasteiger charge is 2.17. The molecule has 2 aromatic carbocycles. The van der Waals surface area contributed by atoms with E-state index in [2.05, 4.69) is 73.1 Å². The number of fused-ring (bicyclic) bond motifs is 1. The van der Waals surface area contributed by atoms with Gasteiger partial charge in [0.05, 0.1) is 0 Å². The van der Waals surface area contributed by atoms with Gasteiger partial charge in [0.2, 0.25) is 0 Å². The maximum absolute atomic E-state index is 3.65. The highest BCUT2D eigenvalue weighted by atomic mass is 79.9. The van der Waals surface area contributed by atoms with Gasteiger partial charge in [-0.3, -0.25) is 0 Å². The lowest BCUT2D eigenvalue weighted by Crippen LogP contribution is -1.95. The van der Waals surface area contributed by atoms with Crippen LogP contribution in [-0.2, 0) is 6.42 Å². The number of halogens is 1. The second kappa shape index (κ2) is 4.64. The van der Waals surface area contributed by atoms with Crippen LogP contribution in [0.3, 0.4) is 0 Å². The molecular weight excluding hydrogens is 296 g/mol. The molecule has 0 spiro atoms. The van der Waals surface area contributed by atoms with E-state index in [1.807, 2.05) is 0 Å². The Hall–Kier alpha value is -1.34. The molecule has 1 heteroatoms. The number of hydrogen-bond acceptors (Lipinski definition) is 0. The van der Waals surface area contributed by atoms with Gasteiger partial charge in [0.1, 0.15) is 0 Å². The maximum atomic E-state index is 3.65. The van der Waals surface area contributed by atoms with Crippen molar-refractivity contribution in [2.75, 3.05) is 0 Å². The van der Waals surface area contributed by atoms with Crippen LogP contribution >= 0.6 is 15.9 Å². The minimum Gasteiger partial charge on any atom is -0.0794 e. The normalized spacial score (nSPS) is 12.8. The van der Waals surface area contributed by atoms with E-state index in [9.17, 15) is 0 Å². The smallest absolute Gasteiger partial charge is 0.0250 e. The average molecular weight is 313 g/mol. The van der Waals surface area contributed by atoms with Gasteiger partial charge in [-0.05, 0) is 66.6 Å². The maximum Gasteiger partial charge on any atom is 0.0250 e. The van der Waals surface area contributed by atoms with Gasteiger partial charge in [0, 0.05) is 4.47 Å². The van der Waals surface area contributed by atoms with Crippen molar-refractivity contribution < 1.29 is 0 Å². The molecule has 0 unspecified atom stereocenters. The van der Waals surface area contributed by atoms with Crippen LogP contribution in [0.2, 0.25) is 0 Å². The Morgan fingerprint density at radius 1 is 1.00 bits per heavy atom. The summed E-state index contributed by atoms with van der Waals surface area (Å²) < 4.78 is 1.20. The summed E-state index contributed by atoms with van der Waals surface area (Å²) >= 11 is 3.65. The zero-order valence-electron chi connectivity index (χ0n) is 11.5. The summed E-state index contributed by atoms with van der Waals surface area (Å²) in [6.07, 6.45) is 5.51. The van der Waals surface area contributed by atoms with Gasteiger partial charge in [-0.25, -0.2) is 0 Å². The molecule has 0 nitrogen and oxygen atoms in total. The van der Waals surface area contributed by atoms with Gasteiger partial charge in [0.15, 0.2) is 0 Å². The van der Waals surface area contributed by atoms with Crippen LogP contribution in [0.4, 0.5) is 0 Å². The fourth-order valence-electron chi connectivity index (χ4n) is 3.17. The Kier molecular flexibility index (Phi) is 3.10. The van der Waals surface area contributed by atoms with Gasteiger partial charge < -0.3 is 0 Å². The van der Waals surface area contributed by atoms with Crippen molar-refractivity contribution in [1.82, 2.24) is 0 Å². The van der Waals surface area contributed by atoms with Crippen LogP contribution in [-0.4, -0.2) is 0 Å². The van der Waals surface area contributed by atoms with Gasteiger partial charge in [0.25, 0.3) is 0 Å². The Labute approximate surface area is 123 Å². The second-order valence-corrected chi connectivity index (χ2v) is 6.22. The first-order valence-corrected chi connectivity index (χ1v) is 7.43. The van der Waals surface area contributed by atoms with Crippen molar-refractivity contribution in [3.8, 4) is 11.1 Å². The van der Waals surface area contributed by atoms with Crippen molar-refractivity contribution in [3.63, 3.8) is 0 Å². The van der Waals surface area contributed by atoms with Crippen molar-refractivity contribution in [2.24, 2.45) is 0 Å². The minimum absolute atomic E-state index is 1.04. The summed E-state index contributed by atoms with van der Waals surface area (Å²) in [6, 6.07) is 8.97. The Morgan fingerprint density at radius 2 is 1.68 bits per heavy atom. The standard InChI is InChI=1S/C18H17Br/c1-11-9-12(2)18(13(3)10-11)16-7-8-17(19)15-6-4-5-14(15)16/h4,6-10H,5H2,1-3H3. The van der Waals surface area contributed by atoms with Crippen molar-refractivity contribution >= 4 is 22.0 Å². The molecule has 0 aromatic heterocycles. The minimum atomic E-state index is 1.04. The monoisotopic (exact) mass is 312 g/mol. The molecule has 0 atom stereocenters. The van der Waals surface area contributed by atoms with E-state index in [0.717, 1.165) is 6.42 Å². The van der Waals surface area contributed by atoms with E-state index < -0.39 is 0 Å². The molecule has 2 aromatic rings. The van der Waals surface area contributed by atoms with Crippen LogP contribution in [0.5, 0.6) is 0 Å². The van der Waals surface area contributed by atoms with Gasteiger partial charge in [-0.1, -0.05) is 51.8 Å². The molecule has 3 rings (SSSR count). The molecule has 0 heterocycles. The van der Waals surface area contributed by atoms with Crippen molar-refractivity contribution in [2.45, 2.75) is 27.2 Å². The number of hydrogen-bond donors (Lipinski definition) is 0. The summed E-state index contributed by atoms with van der Waals surface area (Å²) in [5.74, 6) is 0. The lowest BCUT2D eigenvalue weighted by molar-refractivity contribution is 1.27. The van der Waals surface area contributed by atoms with E-state index in [0.29, 0.717) is 0 Å². The third-order valence-electron chi connectivity index (χ3n) is 3.86. The Bertz CT molecular complexity index is 670. The Balaban J connectivity index is 2.28. The first-order valence-electron chi connectivity index (χ1n) is 6.64. The molecule has 0 radical (unpaired) electrons. The van der Waals surface area contributed by atoms with Gasteiger partial charge in [-0.2, -0.15) is 0 Å². The summed E-state index contributed by atoms with van der Waals surface area (Å²) in [5, 5.41) is 0. The summed E-state index contributed by atoms with van der Waals surface area (Å²) in [7, 11) is 0. The average Bonchev–Trinajstić information content (AvgIpc) is 2.80. The summed E-state index contributed by atoms with van der Waals surface area (Å²) in [4.78, 5) is 0. The number of benzene rings is 2. The van der Waals surface area contributed by atoms with Gasteiger partial charge in [-0.15, -0.1) is 0 Å². The van der Waals surface area contributed by atoms with Crippen molar-refractivity contribution in [3.05, 3.63) is 62.6 Å². The molecule has 19 heavy (non-hydrogen) atoms. The molecule has 0 saturated heterocycles. The van der Waals surface area contributed by atoms with E-state index in [4.69, 9.17) is 0 Å². The lowest BCUT2D eigenvalue weighted by atomic mass is 9.89. The molecule has 0 amide bonds. The van der Waals surface area contributed by atoms with E-state index in [-0.39, 0.29) is 0 Å². The third kappa shape index (κ3) is 2.06. The molecule has 1 aliphatic rings. The van der Waals surface area contributed by atoms with E-state index >= 15 is 0 Å². The summed E-state index contributed by atoms with van der Waals surface area (Å²) in [5.41, 5.74) is 9.66. The van der Waals surface area contributed by atoms with E-state index in [1.165, 1.54) is 43.4 Å². The zero-order chi connectivity index (χ0) is 13.6. The fourth-order valence-corrected chi connectivity index (χ4v) is 3.67. The first kappa shape index (κ1) is 12.7. The highest BCUT2D eigenvalue weighted by Crippen LogP contribution is 2.38. The molecule has 0 bridgehead atoms. The predicted molar refractivity (Wildman–Crippen MR) is 86.5 cm³/mol. The van der Waals surface area contributed by atoms with E-state index in [1.54, 1.807) is 0 Å². The highest BCUT2D eigenvalue weighted by molar-refractivity contribution is 9.10. The molecular formula is C18H17Br. The van der Waals surface area contributed by atoms with Gasteiger partial charge >= 0.3 is 0 Å². The fraction of sp³-hybridized carbons (Fsp3) is 0.222. The number of allylic oxidation sites excluding steroid dienone is 1. The van der Waals surface area contributed by atoms with Crippen LogP contribution in [0.25, 0.3) is 17.2 Å². The molecule has 0 fully saturated rings. The number of aryl methyl sites for hydroxylation is 3. The van der Waals surface area contributed by atoms with Crippen molar-refractivity contribution in [1.29, 1.82) is 0 Å². The van der Waals surface area contributed by atoms with Crippen LogP contribution in [0, 0.1) is 20.8 Å². The van der Waals surface area contributed by atoms with Crippen LogP contribution in [0.1, 0.15) is 27.8 Å². The summed E-state index contributed by atoms with van der Waals surface area (Å²) in [6.45, 7) is 6.59. The van der Waals surface area contributed by atoms with Crippen LogP contribution < -0.4 is 0 Å². The topological polar surface area (TPSA) is 0 Å². The molecule has 1 aliphatic carbocycles. The third-order valence-corrected chi connectivity index (χ3v) is 4.55. The predicted octanol–water partition coefficient (Wildman–Crippen LogP) is 5.61. The largest absolute Gasteiger partial charge is 0.0794 e. The van der Waals surface area contributed by atoms with Crippen LogP contribution in [0.15, 0.2) is 34.8 Å². The zero-order valence-corrected chi connectivity index (χ0v) is 13.1. The molecule has 0 N–H and O–H groups in total. The second-order valence-electron chi connectivity index (χ2n) is 5.37. The molecule has 0 aliphatic heterocycles. The lowest BCUT2D eigenvalue weighted by Gasteiger charge is -2.16. The molecule has 0 saturated carbocycles. The number of rotatable bonds is 1. The first-order chi connectivity index (χ1) is 9.08. The Morgan fingerprint density at radius 3 is 2.37 bits per heavy atom. The quantitative estimate of drug-likeness (QED) is 0.642. The molecule has 96 valence electrons.